The highest BCUT2D eigenvalue weighted by molar-refractivity contribution is 7.91. The summed E-state index contributed by atoms with van der Waals surface area (Å²) in [5, 5.41) is 20.3. The van der Waals surface area contributed by atoms with Crippen molar-refractivity contribution >= 4 is 30.1 Å². The van der Waals surface area contributed by atoms with Crippen LogP contribution in [0, 0.1) is 5.41 Å². The molecule has 224 valence electrons. The van der Waals surface area contributed by atoms with Gasteiger partial charge in [0.1, 0.15) is 6.61 Å². The van der Waals surface area contributed by atoms with Crippen molar-refractivity contribution in [2.24, 2.45) is 5.41 Å². The van der Waals surface area contributed by atoms with Gasteiger partial charge in [0.05, 0.1) is 23.0 Å². The van der Waals surface area contributed by atoms with E-state index in [1.54, 1.807) is 31.2 Å². The molecule has 0 aliphatic heterocycles. The number of sulfone groups is 1. The van der Waals surface area contributed by atoms with Gasteiger partial charge in [0.25, 0.3) is 0 Å². The lowest BCUT2D eigenvalue weighted by Crippen LogP contribution is -2.42. The molecule has 8 nitrogen and oxygen atoms in total. The molecule has 39 heavy (non-hydrogen) atoms. The molecule has 2 N–H and O–H groups in total. The van der Waals surface area contributed by atoms with Crippen LogP contribution >= 0.6 is 0 Å². The first-order valence-corrected chi connectivity index (χ1v) is 18.3. The monoisotopic (exact) mass is 586 g/mol. The van der Waals surface area contributed by atoms with Crippen LogP contribution in [0.2, 0.25) is 18.1 Å². The molecule has 2 atom stereocenters. The fourth-order valence-corrected chi connectivity index (χ4v) is 7.27. The molecule has 1 rings (SSSR count). The summed E-state index contributed by atoms with van der Waals surface area (Å²) in [6.45, 7) is 17.4. The Morgan fingerprint density at radius 1 is 1.05 bits per heavy atom. The first-order chi connectivity index (χ1) is 17.6. The number of carboxylic acids is 1. The molecular formula is C29H50O8SSi. The molecule has 1 aromatic carbocycles. The van der Waals surface area contributed by atoms with Crippen molar-refractivity contribution in [2.45, 2.75) is 104 Å². The number of hydrogen-bond donors (Lipinski definition) is 2. The predicted molar refractivity (Wildman–Crippen MR) is 157 cm³/mol. The zero-order chi connectivity index (χ0) is 30.3. The van der Waals surface area contributed by atoms with Gasteiger partial charge in [-0.1, -0.05) is 65.3 Å². The van der Waals surface area contributed by atoms with Crippen molar-refractivity contribution in [3.8, 4) is 0 Å². The van der Waals surface area contributed by atoms with Crippen molar-refractivity contribution in [1.29, 1.82) is 0 Å². The molecule has 0 spiro atoms. The molecule has 0 aliphatic carbocycles. The molecule has 0 saturated heterocycles. The van der Waals surface area contributed by atoms with Crippen molar-refractivity contribution in [3.63, 3.8) is 0 Å². The molecular weight excluding hydrogens is 536 g/mol. The smallest absolute Gasteiger partial charge is 0.313 e. The zero-order valence-electron chi connectivity index (χ0n) is 25.3. The van der Waals surface area contributed by atoms with Crippen molar-refractivity contribution in [2.75, 3.05) is 24.7 Å². The standard InChI is InChI=1S/C29H50O8SSi/c1-22(30)36-20-25(31)19-23-12-10-13-24(18-23)29(7,26(32)33)15-11-14-28(5,6)21-38(34,35)17-16-37-39(8,9)27(2,3)4/h10,12-13,18,25,31H,11,14-17,19-21H2,1-9H3,(H,32,33)/t25-,29+/m0/s1. The topological polar surface area (TPSA) is 127 Å². The van der Waals surface area contributed by atoms with Crippen molar-refractivity contribution in [1.82, 2.24) is 0 Å². The maximum atomic E-state index is 12.9. The lowest BCUT2D eigenvalue weighted by Gasteiger charge is -2.36. The minimum Gasteiger partial charge on any atom is -0.481 e. The van der Waals surface area contributed by atoms with E-state index in [1.165, 1.54) is 6.92 Å². The molecule has 0 unspecified atom stereocenters. The number of aliphatic hydroxyl groups is 1. The van der Waals surface area contributed by atoms with Crippen LogP contribution in [0.3, 0.4) is 0 Å². The summed E-state index contributed by atoms with van der Waals surface area (Å²) in [6, 6.07) is 7.08. The number of carbonyl (C=O) groups excluding carboxylic acids is 1. The highest BCUT2D eigenvalue weighted by Crippen LogP contribution is 2.37. The average Bonchev–Trinajstić information content (AvgIpc) is 2.75. The van der Waals surface area contributed by atoms with Gasteiger partial charge in [-0.25, -0.2) is 8.42 Å². The normalized spacial score (nSPS) is 15.4. The number of rotatable bonds is 16. The fourth-order valence-electron chi connectivity index (χ4n) is 4.26. The van der Waals surface area contributed by atoms with E-state index in [2.05, 4.69) is 33.9 Å². The Morgan fingerprint density at radius 3 is 2.21 bits per heavy atom. The van der Waals surface area contributed by atoms with Crippen LogP contribution in [0.5, 0.6) is 0 Å². The van der Waals surface area contributed by atoms with Crippen LogP contribution in [-0.2, 0) is 40.4 Å². The first kappa shape index (κ1) is 35.3. The van der Waals surface area contributed by atoms with E-state index in [0.717, 1.165) is 5.56 Å². The van der Waals surface area contributed by atoms with E-state index in [4.69, 9.17) is 9.16 Å². The number of hydrogen-bond acceptors (Lipinski definition) is 7. The Kier molecular flexibility index (Phi) is 12.4. The van der Waals surface area contributed by atoms with Gasteiger partial charge in [-0.15, -0.1) is 0 Å². The molecule has 10 heteroatoms. The minimum atomic E-state index is -3.34. The number of ether oxygens (including phenoxy) is 1. The molecule has 0 heterocycles. The van der Waals surface area contributed by atoms with E-state index in [-0.39, 0.29) is 36.2 Å². The third-order valence-corrected chi connectivity index (χ3v) is 14.3. The van der Waals surface area contributed by atoms with Gasteiger partial charge < -0.3 is 19.4 Å². The van der Waals surface area contributed by atoms with Crippen molar-refractivity contribution < 1.29 is 37.4 Å². The Bertz CT molecular complexity index is 1080. The second-order valence-corrected chi connectivity index (χ2v) is 20.2. The van der Waals surface area contributed by atoms with Gasteiger partial charge in [0, 0.05) is 20.0 Å². The van der Waals surface area contributed by atoms with E-state index in [0.29, 0.717) is 24.8 Å². The molecule has 0 saturated carbocycles. The molecule has 0 aliphatic rings. The summed E-state index contributed by atoms with van der Waals surface area (Å²) in [6.07, 6.45) is 0.750. The van der Waals surface area contributed by atoms with Gasteiger partial charge in [0.2, 0.25) is 0 Å². The Hall–Kier alpha value is -1.75. The van der Waals surface area contributed by atoms with Crippen LogP contribution < -0.4 is 0 Å². The quantitative estimate of drug-likeness (QED) is 0.202. The zero-order valence-corrected chi connectivity index (χ0v) is 27.1. The Labute approximate surface area is 236 Å². The maximum Gasteiger partial charge on any atom is 0.313 e. The molecule has 0 radical (unpaired) electrons. The SMILES string of the molecule is CC(=O)OC[C@@H](O)Cc1cccc([C@@](C)(CCCC(C)(C)CS(=O)(=O)CCO[Si](C)(C)C(C)(C)C)C(=O)O)c1. The van der Waals surface area contributed by atoms with Gasteiger partial charge in [-0.3, -0.25) is 9.59 Å². The lowest BCUT2D eigenvalue weighted by molar-refractivity contribution is -0.144. The van der Waals surface area contributed by atoms with Gasteiger partial charge in [0.15, 0.2) is 18.2 Å². The summed E-state index contributed by atoms with van der Waals surface area (Å²) in [4.78, 5) is 23.4. The third kappa shape index (κ3) is 11.7. The first-order valence-electron chi connectivity index (χ1n) is 13.6. The molecule has 0 aromatic heterocycles. The highest BCUT2D eigenvalue weighted by atomic mass is 32.2. The minimum absolute atomic E-state index is 0.00997. The molecule has 1 aromatic rings. The highest BCUT2D eigenvalue weighted by Gasteiger charge is 2.38. The van der Waals surface area contributed by atoms with Crippen LogP contribution in [0.15, 0.2) is 24.3 Å². The van der Waals surface area contributed by atoms with Gasteiger partial charge >= 0.3 is 11.9 Å². The van der Waals surface area contributed by atoms with Crippen molar-refractivity contribution in [3.05, 3.63) is 35.4 Å². The number of carbonyl (C=O) groups is 2. The maximum absolute atomic E-state index is 12.9. The second kappa shape index (κ2) is 13.7. The number of carboxylic acid groups (broad SMARTS) is 1. The number of aliphatic carboxylic acids is 1. The third-order valence-electron chi connectivity index (χ3n) is 7.79. The van der Waals surface area contributed by atoms with Crippen LogP contribution in [0.4, 0.5) is 0 Å². The van der Waals surface area contributed by atoms with Gasteiger partial charge in [-0.2, -0.15) is 0 Å². The lowest BCUT2D eigenvalue weighted by atomic mass is 9.76. The van der Waals surface area contributed by atoms with Crippen LogP contribution in [0.1, 0.15) is 78.9 Å². The number of esters is 1. The summed E-state index contributed by atoms with van der Waals surface area (Å²) >= 11 is 0. The number of aliphatic hydroxyl groups excluding tert-OH is 1. The average molecular weight is 587 g/mol. The molecule has 0 fully saturated rings. The van der Waals surface area contributed by atoms with E-state index in [1.807, 2.05) is 13.8 Å². The summed E-state index contributed by atoms with van der Waals surface area (Å²) < 4.78 is 36.7. The van der Waals surface area contributed by atoms with Gasteiger partial charge in [-0.05, 0) is 54.4 Å². The molecule has 0 amide bonds. The Morgan fingerprint density at radius 2 is 1.67 bits per heavy atom. The van der Waals surface area contributed by atoms with E-state index in [9.17, 15) is 28.2 Å². The summed E-state index contributed by atoms with van der Waals surface area (Å²) in [5.74, 6) is -1.45. The van der Waals surface area contributed by atoms with Crippen LogP contribution in [-0.4, -0.2) is 69.7 Å². The number of benzene rings is 1. The van der Waals surface area contributed by atoms with E-state index < -0.39 is 47.0 Å². The fraction of sp³-hybridized carbons (Fsp3) is 0.724. The predicted octanol–water partition coefficient (Wildman–Crippen LogP) is 5.13. The summed E-state index contributed by atoms with van der Waals surface area (Å²) in [7, 11) is -5.37. The second-order valence-electron chi connectivity index (χ2n) is 13.2. The molecule has 0 bridgehead atoms. The van der Waals surface area contributed by atoms with Crippen LogP contribution in [0.25, 0.3) is 0 Å². The van der Waals surface area contributed by atoms with E-state index >= 15 is 0 Å². The largest absolute Gasteiger partial charge is 0.481 e. The summed E-state index contributed by atoms with van der Waals surface area (Å²) in [5.41, 5.74) is -0.341. The Balaban J connectivity index is 2.81.